The molecule has 1 aromatic carbocycles. The molecule has 0 unspecified atom stereocenters. The van der Waals surface area contributed by atoms with E-state index in [0.29, 0.717) is 6.04 Å². The van der Waals surface area contributed by atoms with E-state index in [-0.39, 0.29) is 5.56 Å². The van der Waals surface area contributed by atoms with Gasteiger partial charge in [-0.25, -0.2) is 8.78 Å². The molecule has 106 valence electrons. The number of hydrogen-bond acceptors (Lipinski definition) is 2. The second-order valence-corrected chi connectivity index (χ2v) is 6.27. The third-order valence-electron chi connectivity index (χ3n) is 3.83. The Hall–Kier alpha value is -0.610. The van der Waals surface area contributed by atoms with E-state index >= 15 is 0 Å². The topological polar surface area (TPSA) is 12.0 Å². The Bertz CT molecular complexity index is 372. The molecule has 1 aromatic rings. The van der Waals surface area contributed by atoms with Gasteiger partial charge in [0.2, 0.25) is 0 Å². The van der Waals surface area contributed by atoms with Crippen LogP contribution in [-0.2, 0) is 6.54 Å². The molecule has 1 N–H and O–H groups in total. The average Bonchev–Trinajstić information content (AvgIpc) is 2.46. The van der Waals surface area contributed by atoms with Gasteiger partial charge in [0, 0.05) is 23.4 Å². The van der Waals surface area contributed by atoms with E-state index in [9.17, 15) is 8.78 Å². The molecule has 0 bridgehead atoms. The first kappa shape index (κ1) is 14.8. The molecular weight excluding hydrogens is 264 g/mol. The molecule has 1 fully saturated rings. The first-order chi connectivity index (χ1) is 9.19. The van der Waals surface area contributed by atoms with Crippen LogP contribution in [0.3, 0.4) is 0 Å². The van der Waals surface area contributed by atoms with Crippen molar-refractivity contribution in [1.82, 2.24) is 5.32 Å². The number of halogens is 2. The Balaban J connectivity index is 1.76. The number of nitrogens with one attached hydrogen (secondary N) is 1. The van der Waals surface area contributed by atoms with Crippen molar-refractivity contribution in [3.8, 4) is 0 Å². The van der Waals surface area contributed by atoms with Gasteiger partial charge in [-0.15, -0.1) is 0 Å². The molecule has 0 saturated heterocycles. The highest BCUT2D eigenvalue weighted by atomic mass is 32.2. The summed E-state index contributed by atoms with van der Waals surface area (Å²) in [5.74, 6) is 0. The SMILES string of the molecule is CSC1CCC(NCc2ccc(C(F)F)cc2)CC1. The molecular formula is C15H21F2NS. The fraction of sp³-hybridized carbons (Fsp3) is 0.600. The lowest BCUT2D eigenvalue weighted by Crippen LogP contribution is -2.33. The van der Waals surface area contributed by atoms with Gasteiger partial charge < -0.3 is 5.32 Å². The summed E-state index contributed by atoms with van der Waals surface area (Å²) in [7, 11) is 0. The first-order valence-electron chi connectivity index (χ1n) is 6.82. The molecule has 1 nitrogen and oxygen atoms in total. The lowest BCUT2D eigenvalue weighted by molar-refractivity contribution is 0.151. The van der Waals surface area contributed by atoms with Crippen LogP contribution >= 0.6 is 11.8 Å². The molecule has 19 heavy (non-hydrogen) atoms. The average molecular weight is 285 g/mol. The van der Waals surface area contributed by atoms with Crippen LogP contribution in [0.1, 0.15) is 43.2 Å². The number of hydrogen-bond donors (Lipinski definition) is 1. The minimum atomic E-state index is -2.37. The summed E-state index contributed by atoms with van der Waals surface area (Å²) in [6.45, 7) is 0.776. The van der Waals surface area contributed by atoms with Crippen LogP contribution in [0.15, 0.2) is 24.3 Å². The molecule has 0 aliphatic heterocycles. The maximum atomic E-state index is 12.4. The lowest BCUT2D eigenvalue weighted by atomic mass is 9.95. The molecule has 1 aliphatic carbocycles. The van der Waals surface area contributed by atoms with E-state index < -0.39 is 6.43 Å². The van der Waals surface area contributed by atoms with Crippen molar-refractivity contribution in [2.75, 3.05) is 6.26 Å². The Morgan fingerprint density at radius 2 is 1.79 bits per heavy atom. The minimum Gasteiger partial charge on any atom is -0.310 e. The monoisotopic (exact) mass is 285 g/mol. The van der Waals surface area contributed by atoms with E-state index in [1.54, 1.807) is 12.1 Å². The van der Waals surface area contributed by atoms with Gasteiger partial charge in [0.05, 0.1) is 0 Å². The zero-order chi connectivity index (χ0) is 13.7. The Morgan fingerprint density at radius 1 is 1.16 bits per heavy atom. The van der Waals surface area contributed by atoms with Crippen molar-refractivity contribution in [1.29, 1.82) is 0 Å². The van der Waals surface area contributed by atoms with Crippen molar-refractivity contribution < 1.29 is 8.78 Å². The zero-order valence-electron chi connectivity index (χ0n) is 11.2. The maximum absolute atomic E-state index is 12.4. The summed E-state index contributed by atoms with van der Waals surface area (Å²) in [6.07, 6.45) is 4.82. The highest BCUT2D eigenvalue weighted by Gasteiger charge is 2.19. The molecule has 0 amide bonds. The van der Waals surface area contributed by atoms with Crippen LogP contribution < -0.4 is 5.32 Å². The fourth-order valence-electron chi connectivity index (χ4n) is 2.55. The molecule has 0 radical (unpaired) electrons. The fourth-order valence-corrected chi connectivity index (χ4v) is 3.29. The molecule has 1 aliphatic rings. The van der Waals surface area contributed by atoms with Gasteiger partial charge in [-0.1, -0.05) is 24.3 Å². The second-order valence-electron chi connectivity index (χ2n) is 5.13. The van der Waals surface area contributed by atoms with E-state index in [4.69, 9.17) is 0 Å². The molecule has 0 atom stereocenters. The second kappa shape index (κ2) is 7.25. The number of alkyl halides is 2. The zero-order valence-corrected chi connectivity index (χ0v) is 12.1. The van der Waals surface area contributed by atoms with Gasteiger partial charge >= 0.3 is 0 Å². The first-order valence-corrected chi connectivity index (χ1v) is 8.11. The number of rotatable bonds is 5. The summed E-state index contributed by atoms with van der Waals surface area (Å²) >= 11 is 1.97. The van der Waals surface area contributed by atoms with Crippen molar-refractivity contribution in [3.05, 3.63) is 35.4 Å². The summed E-state index contributed by atoms with van der Waals surface area (Å²) in [5.41, 5.74) is 1.18. The third-order valence-corrected chi connectivity index (χ3v) is 4.97. The van der Waals surface area contributed by atoms with Crippen molar-refractivity contribution in [2.45, 2.75) is 49.9 Å². The van der Waals surface area contributed by atoms with Gasteiger partial charge in [0.15, 0.2) is 0 Å². The van der Waals surface area contributed by atoms with Crippen LogP contribution in [0.5, 0.6) is 0 Å². The molecule has 0 heterocycles. The largest absolute Gasteiger partial charge is 0.310 e. The van der Waals surface area contributed by atoms with Crippen molar-refractivity contribution >= 4 is 11.8 Å². The Labute approximate surface area is 118 Å². The molecule has 0 spiro atoms. The predicted octanol–water partition coefficient (Wildman–Crippen LogP) is 4.39. The standard InChI is InChI=1S/C15H21F2NS/c1-19-14-8-6-13(7-9-14)18-10-11-2-4-12(5-3-11)15(16)17/h2-5,13-15,18H,6-10H2,1H3. The molecule has 0 aromatic heterocycles. The summed E-state index contributed by atoms with van der Waals surface area (Å²) < 4.78 is 24.9. The summed E-state index contributed by atoms with van der Waals surface area (Å²) in [5, 5.41) is 4.36. The van der Waals surface area contributed by atoms with Gasteiger partial charge in [-0.05, 0) is 37.5 Å². The van der Waals surface area contributed by atoms with Crippen LogP contribution in [0.2, 0.25) is 0 Å². The quantitative estimate of drug-likeness (QED) is 0.861. The molecule has 4 heteroatoms. The van der Waals surface area contributed by atoms with Gasteiger partial charge in [0.25, 0.3) is 6.43 Å². The highest BCUT2D eigenvalue weighted by molar-refractivity contribution is 7.99. The third kappa shape index (κ3) is 4.46. The van der Waals surface area contributed by atoms with E-state index in [0.717, 1.165) is 17.4 Å². The minimum absolute atomic E-state index is 0.101. The Morgan fingerprint density at radius 3 is 2.32 bits per heavy atom. The normalized spacial score (nSPS) is 23.8. The van der Waals surface area contributed by atoms with Crippen LogP contribution in [0, 0.1) is 0 Å². The number of benzene rings is 1. The van der Waals surface area contributed by atoms with Crippen LogP contribution in [0.25, 0.3) is 0 Å². The highest BCUT2D eigenvalue weighted by Crippen LogP contribution is 2.27. The molecule has 1 saturated carbocycles. The summed E-state index contributed by atoms with van der Waals surface area (Å²) in [4.78, 5) is 0. The number of thioether (sulfide) groups is 1. The van der Waals surface area contributed by atoms with Gasteiger partial charge in [-0.3, -0.25) is 0 Å². The van der Waals surface area contributed by atoms with E-state index in [2.05, 4.69) is 11.6 Å². The molecule has 2 rings (SSSR count). The van der Waals surface area contributed by atoms with E-state index in [1.165, 1.54) is 37.8 Å². The van der Waals surface area contributed by atoms with Crippen molar-refractivity contribution in [2.24, 2.45) is 0 Å². The van der Waals surface area contributed by atoms with Crippen molar-refractivity contribution in [3.63, 3.8) is 0 Å². The van der Waals surface area contributed by atoms with Gasteiger partial charge in [-0.2, -0.15) is 11.8 Å². The van der Waals surface area contributed by atoms with Gasteiger partial charge in [0.1, 0.15) is 0 Å². The summed E-state index contributed by atoms with van der Waals surface area (Å²) in [6, 6.07) is 7.21. The Kier molecular flexibility index (Phi) is 5.64. The van der Waals surface area contributed by atoms with Crippen LogP contribution in [0.4, 0.5) is 8.78 Å². The van der Waals surface area contributed by atoms with Crippen LogP contribution in [-0.4, -0.2) is 17.5 Å². The maximum Gasteiger partial charge on any atom is 0.263 e. The predicted molar refractivity (Wildman–Crippen MR) is 77.8 cm³/mol. The smallest absolute Gasteiger partial charge is 0.263 e. The lowest BCUT2D eigenvalue weighted by Gasteiger charge is -2.28. The van der Waals surface area contributed by atoms with E-state index in [1.807, 2.05) is 11.8 Å².